The van der Waals surface area contributed by atoms with E-state index in [1.54, 1.807) is 0 Å². The van der Waals surface area contributed by atoms with Crippen LogP contribution in [-0.4, -0.2) is 81.2 Å². The Balaban J connectivity index is 2.08. The summed E-state index contributed by atoms with van der Waals surface area (Å²) in [6.07, 6.45) is 8.54. The van der Waals surface area contributed by atoms with Gasteiger partial charge < -0.3 is 9.38 Å². The molecule has 1 heterocycles. The lowest BCUT2D eigenvalue weighted by molar-refractivity contribution is -0.913. The number of likely N-dealkylation sites (N-methyl/N-ethyl adjacent to an activating group) is 2. The molecule has 0 N–H and O–H groups in total. The van der Waals surface area contributed by atoms with E-state index in [0.717, 1.165) is 0 Å². The first kappa shape index (κ1) is 17.9. The van der Waals surface area contributed by atoms with Crippen LogP contribution in [0.3, 0.4) is 0 Å². The van der Waals surface area contributed by atoms with Gasteiger partial charge in [0.05, 0.1) is 26.7 Å². The van der Waals surface area contributed by atoms with Crippen LogP contribution in [0.4, 0.5) is 0 Å². The van der Waals surface area contributed by atoms with E-state index in [1.807, 2.05) is 0 Å². The molecule has 0 aliphatic carbocycles. The first-order valence-electron chi connectivity index (χ1n) is 8.76. The molecular formula is C17H38N3+. The highest BCUT2D eigenvalue weighted by Gasteiger charge is 2.27. The number of rotatable bonds is 10. The lowest BCUT2D eigenvalue weighted by atomic mass is 10.1. The van der Waals surface area contributed by atoms with Crippen LogP contribution in [0.5, 0.6) is 0 Å². The van der Waals surface area contributed by atoms with Crippen LogP contribution in [0.15, 0.2) is 0 Å². The zero-order chi connectivity index (χ0) is 14.8. The molecule has 3 heteroatoms. The standard InChI is InChI=1S/C17H38N3/c1-5-6-7-8-9-10-15-20(4)16-13-19(14-17-20)12-11-18(2)3/h5-17H2,1-4H3/q+1. The van der Waals surface area contributed by atoms with E-state index in [2.05, 4.69) is 37.9 Å². The first-order chi connectivity index (χ1) is 9.56. The number of hydrogen-bond donors (Lipinski definition) is 0. The van der Waals surface area contributed by atoms with Crippen molar-refractivity contribution >= 4 is 0 Å². The van der Waals surface area contributed by atoms with Crippen LogP contribution in [0.1, 0.15) is 45.4 Å². The molecule has 0 unspecified atom stereocenters. The summed E-state index contributed by atoms with van der Waals surface area (Å²) in [4.78, 5) is 4.93. The Morgan fingerprint density at radius 2 is 1.55 bits per heavy atom. The summed E-state index contributed by atoms with van der Waals surface area (Å²) < 4.78 is 1.31. The predicted octanol–water partition coefficient (Wildman–Crippen LogP) is 2.67. The molecule has 1 aliphatic rings. The molecule has 1 aliphatic heterocycles. The van der Waals surface area contributed by atoms with Crippen LogP contribution in [0.2, 0.25) is 0 Å². The number of quaternary nitrogens is 1. The van der Waals surface area contributed by atoms with E-state index < -0.39 is 0 Å². The van der Waals surface area contributed by atoms with Gasteiger partial charge in [-0.3, -0.25) is 4.90 Å². The summed E-state index contributed by atoms with van der Waals surface area (Å²) in [5, 5.41) is 0. The second-order valence-electron chi connectivity index (χ2n) is 7.20. The second kappa shape index (κ2) is 9.75. The van der Waals surface area contributed by atoms with Crippen LogP contribution in [-0.2, 0) is 0 Å². The minimum absolute atomic E-state index is 1.20. The smallest absolute Gasteiger partial charge is 0.0914 e. The molecule has 1 fully saturated rings. The predicted molar refractivity (Wildman–Crippen MR) is 89.2 cm³/mol. The van der Waals surface area contributed by atoms with E-state index in [-0.39, 0.29) is 0 Å². The van der Waals surface area contributed by atoms with Gasteiger partial charge in [-0.15, -0.1) is 0 Å². The van der Waals surface area contributed by atoms with E-state index in [0.29, 0.717) is 0 Å². The van der Waals surface area contributed by atoms with Gasteiger partial charge in [-0.1, -0.05) is 32.6 Å². The lowest BCUT2D eigenvalue weighted by Gasteiger charge is -2.42. The van der Waals surface area contributed by atoms with Crippen molar-refractivity contribution in [2.24, 2.45) is 0 Å². The van der Waals surface area contributed by atoms with Gasteiger partial charge in [0, 0.05) is 26.2 Å². The minimum Gasteiger partial charge on any atom is -0.324 e. The Morgan fingerprint density at radius 3 is 2.15 bits per heavy atom. The number of hydrogen-bond acceptors (Lipinski definition) is 2. The number of unbranched alkanes of at least 4 members (excludes halogenated alkanes) is 5. The molecule has 0 aromatic heterocycles. The van der Waals surface area contributed by atoms with Crippen molar-refractivity contribution in [3.63, 3.8) is 0 Å². The molecule has 0 atom stereocenters. The fourth-order valence-corrected chi connectivity index (χ4v) is 3.05. The minimum atomic E-state index is 1.20. The van der Waals surface area contributed by atoms with Crippen molar-refractivity contribution in [2.45, 2.75) is 45.4 Å². The van der Waals surface area contributed by atoms with Crippen molar-refractivity contribution < 1.29 is 4.48 Å². The van der Waals surface area contributed by atoms with Gasteiger partial charge in [0.15, 0.2) is 0 Å². The van der Waals surface area contributed by atoms with Crippen LogP contribution < -0.4 is 0 Å². The van der Waals surface area contributed by atoms with Crippen molar-refractivity contribution in [2.75, 3.05) is 67.0 Å². The highest BCUT2D eigenvalue weighted by Crippen LogP contribution is 2.13. The zero-order valence-corrected chi connectivity index (χ0v) is 14.5. The van der Waals surface area contributed by atoms with E-state index in [9.17, 15) is 0 Å². The van der Waals surface area contributed by atoms with Gasteiger partial charge >= 0.3 is 0 Å². The van der Waals surface area contributed by atoms with Gasteiger partial charge in [-0.25, -0.2) is 0 Å². The summed E-state index contributed by atoms with van der Waals surface area (Å²) in [6, 6.07) is 0. The Morgan fingerprint density at radius 1 is 0.950 bits per heavy atom. The molecule has 0 aromatic carbocycles. The molecule has 0 saturated carbocycles. The molecule has 3 nitrogen and oxygen atoms in total. The Bertz CT molecular complexity index is 232. The Kier molecular flexibility index (Phi) is 8.74. The monoisotopic (exact) mass is 284 g/mol. The van der Waals surface area contributed by atoms with E-state index in [4.69, 9.17) is 0 Å². The van der Waals surface area contributed by atoms with Gasteiger partial charge in [-0.05, 0) is 26.9 Å². The molecule has 120 valence electrons. The van der Waals surface area contributed by atoms with E-state index >= 15 is 0 Å². The van der Waals surface area contributed by atoms with Crippen LogP contribution in [0, 0.1) is 0 Å². The fourth-order valence-electron chi connectivity index (χ4n) is 3.05. The quantitative estimate of drug-likeness (QED) is 0.449. The summed E-state index contributed by atoms with van der Waals surface area (Å²) in [7, 11) is 6.81. The van der Waals surface area contributed by atoms with E-state index in [1.165, 1.54) is 88.8 Å². The Labute approximate surface area is 127 Å². The maximum absolute atomic E-state index is 2.64. The third-order valence-electron chi connectivity index (χ3n) is 4.83. The van der Waals surface area contributed by atoms with Crippen molar-refractivity contribution in [3.05, 3.63) is 0 Å². The highest BCUT2D eigenvalue weighted by molar-refractivity contribution is 4.64. The second-order valence-corrected chi connectivity index (χ2v) is 7.20. The fraction of sp³-hybridized carbons (Fsp3) is 1.00. The summed E-state index contributed by atoms with van der Waals surface area (Å²) in [6.45, 7) is 11.4. The summed E-state index contributed by atoms with van der Waals surface area (Å²) in [5.41, 5.74) is 0. The molecular weight excluding hydrogens is 246 g/mol. The molecule has 0 spiro atoms. The molecule has 0 amide bonds. The SMILES string of the molecule is CCCCCCCC[N+]1(C)CCN(CCN(C)C)CC1. The topological polar surface area (TPSA) is 6.48 Å². The molecule has 0 aromatic rings. The molecule has 20 heavy (non-hydrogen) atoms. The van der Waals surface area contributed by atoms with Crippen molar-refractivity contribution in [1.29, 1.82) is 0 Å². The van der Waals surface area contributed by atoms with Gasteiger partial charge in [-0.2, -0.15) is 0 Å². The molecule has 0 bridgehead atoms. The van der Waals surface area contributed by atoms with Crippen molar-refractivity contribution in [3.8, 4) is 0 Å². The summed E-state index contributed by atoms with van der Waals surface area (Å²) >= 11 is 0. The van der Waals surface area contributed by atoms with Crippen molar-refractivity contribution in [1.82, 2.24) is 9.80 Å². The van der Waals surface area contributed by atoms with Crippen LogP contribution in [0.25, 0.3) is 0 Å². The number of piperazine rings is 1. The third kappa shape index (κ3) is 7.61. The van der Waals surface area contributed by atoms with Gasteiger partial charge in [0.2, 0.25) is 0 Å². The van der Waals surface area contributed by atoms with Gasteiger partial charge in [0.1, 0.15) is 0 Å². The maximum atomic E-state index is 2.64. The Hall–Kier alpha value is -0.120. The molecule has 1 rings (SSSR count). The zero-order valence-electron chi connectivity index (χ0n) is 14.5. The third-order valence-corrected chi connectivity index (χ3v) is 4.83. The highest BCUT2D eigenvalue weighted by atomic mass is 15.4. The molecule has 0 radical (unpaired) electrons. The normalized spacial score (nSPS) is 19.6. The maximum Gasteiger partial charge on any atom is 0.0914 e. The first-order valence-corrected chi connectivity index (χ1v) is 8.76. The number of nitrogens with zero attached hydrogens (tertiary/aromatic N) is 3. The average molecular weight is 285 g/mol. The molecule has 1 saturated heterocycles. The largest absolute Gasteiger partial charge is 0.324 e. The van der Waals surface area contributed by atoms with Gasteiger partial charge in [0.25, 0.3) is 0 Å². The lowest BCUT2D eigenvalue weighted by Crippen LogP contribution is -2.58. The summed E-state index contributed by atoms with van der Waals surface area (Å²) in [5.74, 6) is 0. The van der Waals surface area contributed by atoms with Crippen LogP contribution >= 0.6 is 0 Å². The average Bonchev–Trinajstić information content (AvgIpc) is 2.42.